The normalized spacial score (nSPS) is 14.7. The van der Waals surface area contributed by atoms with Crippen molar-refractivity contribution in [3.05, 3.63) is 0 Å². The molecule has 2 unspecified atom stereocenters. The van der Waals surface area contributed by atoms with Crippen LogP contribution in [0.15, 0.2) is 0 Å². The molecule has 0 amide bonds. The first-order valence-corrected chi connectivity index (χ1v) is 5.74. The van der Waals surface area contributed by atoms with E-state index in [1.54, 1.807) is 7.11 Å². The highest BCUT2D eigenvalue weighted by atomic mass is 16.5. The molecular weight excluding hydrogens is 210 g/mol. The lowest BCUT2D eigenvalue weighted by molar-refractivity contribution is -0.140. The van der Waals surface area contributed by atoms with Crippen molar-refractivity contribution in [3.8, 4) is 0 Å². The maximum absolute atomic E-state index is 11.0. The van der Waals surface area contributed by atoms with Crippen molar-refractivity contribution in [1.29, 1.82) is 0 Å². The van der Waals surface area contributed by atoms with Crippen LogP contribution in [0.25, 0.3) is 0 Å². The van der Waals surface area contributed by atoms with E-state index in [0.29, 0.717) is 19.4 Å². The second-order valence-corrected chi connectivity index (χ2v) is 3.86. The molecule has 0 saturated carbocycles. The third-order valence-electron chi connectivity index (χ3n) is 2.43. The maximum atomic E-state index is 11.0. The minimum absolute atomic E-state index is 0.0289. The van der Waals surface area contributed by atoms with Crippen LogP contribution in [0.2, 0.25) is 0 Å². The average Bonchev–Trinajstić information content (AvgIpc) is 2.24. The van der Waals surface area contributed by atoms with Gasteiger partial charge >= 0.3 is 5.97 Å². The van der Waals surface area contributed by atoms with Crippen molar-refractivity contribution in [3.63, 3.8) is 0 Å². The summed E-state index contributed by atoms with van der Waals surface area (Å²) in [7, 11) is 1.56. The Morgan fingerprint density at radius 3 is 2.56 bits per heavy atom. The first kappa shape index (κ1) is 15.3. The molecule has 0 aromatic heterocycles. The molecule has 0 aromatic rings. The number of aliphatic carboxylic acids is 1. The third-order valence-corrected chi connectivity index (χ3v) is 2.43. The fraction of sp³-hybridized carbons (Fsp3) is 0.909. The van der Waals surface area contributed by atoms with Crippen molar-refractivity contribution in [2.45, 2.75) is 44.7 Å². The van der Waals surface area contributed by atoms with Gasteiger partial charge in [0.15, 0.2) is 0 Å². The summed E-state index contributed by atoms with van der Waals surface area (Å²) in [6, 6.07) is -0.653. The second-order valence-electron chi connectivity index (χ2n) is 3.86. The van der Waals surface area contributed by atoms with Crippen LogP contribution in [-0.2, 0) is 9.53 Å². The number of carboxylic acids is 1. The van der Waals surface area contributed by atoms with Crippen LogP contribution in [0, 0.1) is 0 Å². The second kappa shape index (κ2) is 9.57. The molecule has 0 heterocycles. The van der Waals surface area contributed by atoms with Crippen LogP contribution in [0.1, 0.15) is 32.6 Å². The molecule has 0 aromatic carbocycles. The van der Waals surface area contributed by atoms with Gasteiger partial charge in [0.05, 0.1) is 6.61 Å². The number of aliphatic hydroxyl groups is 1. The number of nitrogens with one attached hydrogen (secondary N) is 1. The minimum Gasteiger partial charge on any atom is -0.480 e. The van der Waals surface area contributed by atoms with E-state index in [1.165, 1.54) is 0 Å². The molecule has 16 heavy (non-hydrogen) atoms. The topological polar surface area (TPSA) is 78.8 Å². The van der Waals surface area contributed by atoms with Gasteiger partial charge in [-0.05, 0) is 12.8 Å². The number of carboxylic acid groups (broad SMARTS) is 1. The predicted molar refractivity (Wildman–Crippen MR) is 61.5 cm³/mol. The number of ether oxygens (including phenoxy) is 1. The number of hydrogen-bond acceptors (Lipinski definition) is 4. The number of unbranched alkanes of at least 4 members (excludes halogenated alkanes) is 1. The van der Waals surface area contributed by atoms with Crippen LogP contribution < -0.4 is 5.32 Å². The van der Waals surface area contributed by atoms with E-state index in [4.69, 9.17) is 14.9 Å². The summed E-state index contributed by atoms with van der Waals surface area (Å²) in [4.78, 5) is 11.0. The van der Waals surface area contributed by atoms with Gasteiger partial charge in [-0.2, -0.15) is 0 Å². The van der Waals surface area contributed by atoms with Crippen molar-refractivity contribution in [2.75, 3.05) is 20.3 Å². The summed E-state index contributed by atoms with van der Waals surface area (Å²) in [5.41, 5.74) is 0. The van der Waals surface area contributed by atoms with Gasteiger partial charge < -0.3 is 14.9 Å². The van der Waals surface area contributed by atoms with E-state index in [0.717, 1.165) is 12.8 Å². The number of methoxy groups -OCH3 is 1. The maximum Gasteiger partial charge on any atom is 0.320 e. The Labute approximate surface area is 96.8 Å². The van der Waals surface area contributed by atoms with E-state index in [-0.39, 0.29) is 12.6 Å². The average molecular weight is 233 g/mol. The van der Waals surface area contributed by atoms with Crippen molar-refractivity contribution >= 4 is 5.97 Å². The van der Waals surface area contributed by atoms with Gasteiger partial charge in [0.25, 0.3) is 0 Å². The zero-order valence-electron chi connectivity index (χ0n) is 10.1. The molecule has 0 aliphatic heterocycles. The Morgan fingerprint density at radius 1 is 1.44 bits per heavy atom. The largest absolute Gasteiger partial charge is 0.480 e. The monoisotopic (exact) mass is 233 g/mol. The van der Waals surface area contributed by atoms with Gasteiger partial charge in [-0.1, -0.05) is 19.8 Å². The Hall–Kier alpha value is -0.650. The standard InChI is InChI=1S/C11H23NO4/c1-3-4-5-10(11(14)15)12-9(6-7-13)8-16-2/h9-10,12-13H,3-8H2,1-2H3,(H,14,15). The molecular formula is C11H23NO4. The molecule has 0 saturated heterocycles. The van der Waals surface area contributed by atoms with Gasteiger partial charge in [0.2, 0.25) is 0 Å². The van der Waals surface area contributed by atoms with E-state index in [1.807, 2.05) is 6.92 Å². The summed E-state index contributed by atoms with van der Waals surface area (Å²) >= 11 is 0. The molecule has 0 rings (SSSR count). The summed E-state index contributed by atoms with van der Waals surface area (Å²) in [5.74, 6) is -0.840. The van der Waals surface area contributed by atoms with E-state index in [9.17, 15) is 4.79 Å². The lowest BCUT2D eigenvalue weighted by Gasteiger charge is -2.22. The first-order valence-electron chi connectivity index (χ1n) is 5.74. The molecule has 5 heteroatoms. The highest BCUT2D eigenvalue weighted by molar-refractivity contribution is 5.73. The minimum atomic E-state index is -0.840. The Bertz CT molecular complexity index is 181. The molecule has 2 atom stereocenters. The number of hydrogen-bond donors (Lipinski definition) is 3. The van der Waals surface area contributed by atoms with Crippen LogP contribution in [0.3, 0.4) is 0 Å². The molecule has 0 fully saturated rings. The molecule has 0 bridgehead atoms. The van der Waals surface area contributed by atoms with Crippen LogP contribution in [0.4, 0.5) is 0 Å². The summed E-state index contributed by atoms with van der Waals surface area (Å²) in [6.45, 7) is 2.47. The van der Waals surface area contributed by atoms with Crippen molar-refractivity contribution in [2.24, 2.45) is 0 Å². The zero-order valence-corrected chi connectivity index (χ0v) is 10.1. The number of carbonyl (C=O) groups is 1. The van der Waals surface area contributed by atoms with Gasteiger partial charge in [-0.15, -0.1) is 0 Å². The van der Waals surface area contributed by atoms with Gasteiger partial charge in [-0.25, -0.2) is 0 Å². The molecule has 0 aliphatic carbocycles. The Kier molecular flexibility index (Phi) is 9.18. The SMILES string of the molecule is CCCCC(NC(CCO)COC)C(=O)O. The zero-order chi connectivity index (χ0) is 12.4. The number of rotatable bonds is 10. The fourth-order valence-corrected chi connectivity index (χ4v) is 1.54. The summed E-state index contributed by atoms with van der Waals surface area (Å²) < 4.78 is 4.98. The molecule has 5 nitrogen and oxygen atoms in total. The lowest BCUT2D eigenvalue weighted by Crippen LogP contribution is -2.45. The quantitative estimate of drug-likeness (QED) is 0.515. The molecule has 96 valence electrons. The smallest absolute Gasteiger partial charge is 0.320 e. The lowest BCUT2D eigenvalue weighted by atomic mass is 10.1. The highest BCUT2D eigenvalue weighted by Crippen LogP contribution is 2.04. The summed E-state index contributed by atoms with van der Waals surface area (Å²) in [6.07, 6.45) is 2.96. The number of aliphatic hydroxyl groups excluding tert-OH is 1. The van der Waals surface area contributed by atoms with Crippen LogP contribution >= 0.6 is 0 Å². The summed E-state index contributed by atoms with van der Waals surface area (Å²) in [5, 5.41) is 20.9. The van der Waals surface area contributed by atoms with Gasteiger partial charge in [0, 0.05) is 19.8 Å². The molecule has 0 aliphatic rings. The van der Waals surface area contributed by atoms with E-state index >= 15 is 0 Å². The van der Waals surface area contributed by atoms with Gasteiger partial charge in [0.1, 0.15) is 6.04 Å². The van der Waals surface area contributed by atoms with E-state index < -0.39 is 12.0 Å². The highest BCUT2D eigenvalue weighted by Gasteiger charge is 2.20. The van der Waals surface area contributed by atoms with Crippen molar-refractivity contribution in [1.82, 2.24) is 5.32 Å². The fourth-order valence-electron chi connectivity index (χ4n) is 1.54. The van der Waals surface area contributed by atoms with Crippen LogP contribution in [0.5, 0.6) is 0 Å². The van der Waals surface area contributed by atoms with Crippen LogP contribution in [-0.4, -0.2) is 48.6 Å². The third kappa shape index (κ3) is 6.76. The first-order chi connectivity index (χ1) is 7.65. The predicted octanol–water partition coefficient (Wildman–Crippen LogP) is 0.617. The molecule has 3 N–H and O–H groups in total. The van der Waals surface area contributed by atoms with Gasteiger partial charge in [-0.3, -0.25) is 10.1 Å². The Balaban J connectivity index is 4.14. The van der Waals surface area contributed by atoms with Crippen molar-refractivity contribution < 1.29 is 19.7 Å². The molecule has 0 radical (unpaired) electrons. The Morgan fingerprint density at radius 2 is 2.12 bits per heavy atom. The molecule has 0 spiro atoms. The van der Waals surface area contributed by atoms with E-state index in [2.05, 4.69) is 5.32 Å².